The van der Waals surface area contributed by atoms with Crippen LogP contribution in [0.5, 0.6) is 0 Å². The molecule has 0 fully saturated rings. The number of ketones is 1. The van der Waals surface area contributed by atoms with Gasteiger partial charge in [0.15, 0.2) is 9.84 Å². The monoisotopic (exact) mass is 397 g/mol. The number of nitrogens with zero attached hydrogens (tertiary/aromatic N) is 1. The first-order valence-electron chi connectivity index (χ1n) is 7.87. The topological polar surface area (TPSA) is 54.5 Å². The number of carbonyl (C=O) groups excluding carboxylic acids is 1. The number of hydrogen-bond acceptors (Lipinski definition) is 4. The minimum atomic E-state index is -4.63. The molecule has 0 unspecified atom stereocenters. The van der Waals surface area contributed by atoms with Gasteiger partial charge in [-0.2, -0.15) is 13.2 Å². The lowest BCUT2D eigenvalue weighted by molar-refractivity contribution is -0.137. The minimum Gasteiger partial charge on any atom is -0.382 e. The van der Waals surface area contributed by atoms with Crippen molar-refractivity contribution in [1.82, 2.24) is 4.90 Å². The molecule has 0 aliphatic heterocycles. The van der Waals surface area contributed by atoms with Crippen LogP contribution in [-0.2, 0) is 21.8 Å². The average molecular weight is 397 g/mol. The summed E-state index contributed by atoms with van der Waals surface area (Å²) in [5, 5.41) is 0. The van der Waals surface area contributed by atoms with Gasteiger partial charge in [0.2, 0.25) is 5.78 Å². The third kappa shape index (κ3) is 5.43. The highest BCUT2D eigenvalue weighted by atomic mass is 32.2. The summed E-state index contributed by atoms with van der Waals surface area (Å²) in [6, 6.07) is 12.0. The van der Waals surface area contributed by atoms with Crippen molar-refractivity contribution in [2.24, 2.45) is 0 Å². The molecule has 0 bridgehead atoms. The summed E-state index contributed by atoms with van der Waals surface area (Å²) in [6.45, 7) is 0. The summed E-state index contributed by atoms with van der Waals surface area (Å²) < 4.78 is 64.3. The SMILES string of the molecule is CN(C)C=C(C(=O)c1cccc(C(F)(F)F)c1)S(=O)(=O)Cc1ccccc1. The van der Waals surface area contributed by atoms with Crippen molar-refractivity contribution in [1.29, 1.82) is 0 Å². The number of halogens is 3. The summed E-state index contributed by atoms with van der Waals surface area (Å²) >= 11 is 0. The number of carbonyl (C=O) groups is 1. The van der Waals surface area contributed by atoms with Gasteiger partial charge in [-0.1, -0.05) is 42.5 Å². The van der Waals surface area contributed by atoms with Crippen LogP contribution in [0.4, 0.5) is 13.2 Å². The second-order valence-corrected chi connectivity index (χ2v) is 8.07. The largest absolute Gasteiger partial charge is 0.416 e. The molecule has 27 heavy (non-hydrogen) atoms. The predicted octanol–water partition coefficient (Wildman–Crippen LogP) is 3.91. The van der Waals surface area contributed by atoms with E-state index in [0.29, 0.717) is 11.6 Å². The van der Waals surface area contributed by atoms with E-state index in [1.165, 1.54) is 25.1 Å². The van der Waals surface area contributed by atoms with Crippen LogP contribution in [0.2, 0.25) is 0 Å². The summed E-state index contributed by atoms with van der Waals surface area (Å²) in [5.41, 5.74) is -0.883. The van der Waals surface area contributed by atoms with Crippen molar-refractivity contribution in [3.8, 4) is 0 Å². The van der Waals surface area contributed by atoms with Crippen LogP contribution in [0, 0.1) is 0 Å². The predicted molar refractivity (Wildman–Crippen MR) is 96.6 cm³/mol. The van der Waals surface area contributed by atoms with Gasteiger partial charge in [0, 0.05) is 25.9 Å². The number of allylic oxidation sites excluding steroid dienone is 1. The fourth-order valence-corrected chi connectivity index (χ4v) is 3.92. The van der Waals surface area contributed by atoms with Gasteiger partial charge < -0.3 is 4.90 Å². The van der Waals surface area contributed by atoms with Gasteiger partial charge in [-0.3, -0.25) is 4.79 Å². The smallest absolute Gasteiger partial charge is 0.382 e. The molecule has 0 amide bonds. The van der Waals surface area contributed by atoms with Crippen molar-refractivity contribution >= 4 is 15.6 Å². The maximum Gasteiger partial charge on any atom is 0.416 e. The molecule has 0 saturated heterocycles. The first-order valence-corrected chi connectivity index (χ1v) is 9.53. The Morgan fingerprint density at radius 3 is 2.22 bits per heavy atom. The lowest BCUT2D eigenvalue weighted by Gasteiger charge is -2.13. The molecule has 0 aromatic heterocycles. The highest BCUT2D eigenvalue weighted by Gasteiger charge is 2.32. The van der Waals surface area contributed by atoms with Crippen LogP contribution in [0.15, 0.2) is 65.7 Å². The molecule has 144 valence electrons. The highest BCUT2D eigenvalue weighted by Crippen LogP contribution is 2.30. The minimum absolute atomic E-state index is 0.338. The Balaban J connectivity index is 2.47. The third-order valence-electron chi connectivity index (χ3n) is 3.59. The summed E-state index contributed by atoms with van der Waals surface area (Å²) in [5.74, 6) is -1.41. The Kier molecular flexibility index (Phi) is 6.10. The van der Waals surface area contributed by atoms with Crippen LogP contribution in [-0.4, -0.2) is 33.2 Å². The van der Waals surface area contributed by atoms with Crippen LogP contribution < -0.4 is 0 Å². The van der Waals surface area contributed by atoms with E-state index in [1.54, 1.807) is 30.3 Å². The van der Waals surface area contributed by atoms with Gasteiger partial charge in [0.25, 0.3) is 0 Å². The molecule has 2 rings (SSSR count). The lowest BCUT2D eigenvalue weighted by atomic mass is 10.1. The summed E-state index contributed by atoms with van der Waals surface area (Å²) in [7, 11) is -1.03. The maximum absolute atomic E-state index is 12.9. The zero-order valence-electron chi connectivity index (χ0n) is 14.7. The molecule has 0 radical (unpaired) electrons. The maximum atomic E-state index is 12.9. The molecule has 0 N–H and O–H groups in total. The average Bonchev–Trinajstić information content (AvgIpc) is 2.59. The van der Waals surface area contributed by atoms with E-state index in [2.05, 4.69) is 0 Å². The normalized spacial score (nSPS) is 12.7. The molecule has 0 aliphatic carbocycles. The van der Waals surface area contributed by atoms with Crippen molar-refractivity contribution < 1.29 is 26.4 Å². The third-order valence-corrected chi connectivity index (χ3v) is 5.26. The number of alkyl halides is 3. The van der Waals surface area contributed by atoms with Gasteiger partial charge in [0.1, 0.15) is 4.91 Å². The van der Waals surface area contributed by atoms with Gasteiger partial charge in [-0.05, 0) is 17.7 Å². The Bertz CT molecular complexity index is 950. The molecular weight excluding hydrogens is 379 g/mol. The number of rotatable bonds is 6. The van der Waals surface area contributed by atoms with E-state index in [1.807, 2.05) is 0 Å². The van der Waals surface area contributed by atoms with E-state index in [9.17, 15) is 26.4 Å². The second-order valence-electron chi connectivity index (χ2n) is 6.11. The van der Waals surface area contributed by atoms with Crippen LogP contribution in [0.3, 0.4) is 0 Å². The molecule has 0 saturated carbocycles. The first-order chi connectivity index (χ1) is 12.5. The summed E-state index contributed by atoms with van der Waals surface area (Å²) in [4.78, 5) is 13.6. The van der Waals surface area contributed by atoms with Crippen molar-refractivity contribution in [2.45, 2.75) is 11.9 Å². The molecule has 2 aromatic rings. The fourth-order valence-electron chi connectivity index (χ4n) is 2.37. The molecule has 2 aromatic carbocycles. The van der Waals surface area contributed by atoms with E-state index in [4.69, 9.17) is 0 Å². The van der Waals surface area contributed by atoms with E-state index in [0.717, 1.165) is 18.3 Å². The van der Waals surface area contributed by atoms with Gasteiger partial charge >= 0.3 is 6.18 Å². The van der Waals surface area contributed by atoms with Crippen LogP contribution in [0.1, 0.15) is 21.5 Å². The molecular formula is C19H18F3NO3S. The quantitative estimate of drug-likeness (QED) is 0.548. The number of hydrogen-bond donors (Lipinski definition) is 0. The van der Waals surface area contributed by atoms with Crippen LogP contribution in [0.25, 0.3) is 0 Å². The Morgan fingerprint density at radius 1 is 1.04 bits per heavy atom. The molecule has 0 aliphatic rings. The second kappa shape index (κ2) is 7.96. The van der Waals surface area contributed by atoms with Crippen LogP contribution >= 0.6 is 0 Å². The summed E-state index contributed by atoms with van der Waals surface area (Å²) in [6.07, 6.45) is -3.52. The van der Waals surface area contributed by atoms with Gasteiger partial charge in [-0.15, -0.1) is 0 Å². The number of sulfone groups is 1. The highest BCUT2D eigenvalue weighted by molar-refractivity contribution is 7.95. The Morgan fingerprint density at radius 2 is 1.67 bits per heavy atom. The Hall–Kier alpha value is -2.61. The van der Waals surface area contributed by atoms with E-state index in [-0.39, 0.29) is 5.56 Å². The molecule has 0 heterocycles. The number of benzene rings is 2. The fraction of sp³-hybridized carbons (Fsp3) is 0.211. The van der Waals surface area contributed by atoms with Crippen molar-refractivity contribution in [3.05, 3.63) is 82.4 Å². The van der Waals surface area contributed by atoms with E-state index < -0.39 is 38.0 Å². The van der Waals surface area contributed by atoms with Crippen molar-refractivity contribution in [2.75, 3.05) is 14.1 Å². The van der Waals surface area contributed by atoms with Gasteiger partial charge in [0.05, 0.1) is 11.3 Å². The van der Waals surface area contributed by atoms with Crippen molar-refractivity contribution in [3.63, 3.8) is 0 Å². The molecule has 0 atom stereocenters. The lowest BCUT2D eigenvalue weighted by Crippen LogP contribution is -2.19. The standard InChI is InChI=1S/C19H18F3NO3S/c1-23(2)12-17(27(25,26)13-14-7-4-3-5-8-14)18(24)15-9-6-10-16(11-15)19(20,21)22/h3-12H,13H2,1-2H3. The molecule has 4 nitrogen and oxygen atoms in total. The number of Topliss-reactive ketones (excluding diaryl/α,β-unsaturated/α-hetero) is 1. The van der Waals surface area contributed by atoms with E-state index >= 15 is 0 Å². The van der Waals surface area contributed by atoms with Gasteiger partial charge in [-0.25, -0.2) is 8.42 Å². The zero-order valence-corrected chi connectivity index (χ0v) is 15.5. The zero-order chi connectivity index (χ0) is 20.2. The molecule has 0 spiro atoms. The molecule has 8 heteroatoms. The Labute approximate surface area is 155 Å². The first kappa shape index (κ1) is 20.7.